The molecule has 1 aliphatic rings. The van der Waals surface area contributed by atoms with E-state index in [-0.39, 0.29) is 5.88 Å². The van der Waals surface area contributed by atoms with Gasteiger partial charge in [-0.25, -0.2) is 0 Å². The first-order chi connectivity index (χ1) is 4.08. The zero-order valence-electron chi connectivity index (χ0n) is 4.87. The van der Waals surface area contributed by atoms with Gasteiger partial charge in [0.05, 0.1) is 0 Å². The highest BCUT2D eigenvalue weighted by atomic mass is 32.2. The van der Waals surface area contributed by atoms with Gasteiger partial charge >= 0.3 is 0 Å². The molecule has 0 aromatic heterocycles. The third-order valence-electron chi connectivity index (χ3n) is 1.13. The van der Waals surface area contributed by atoms with Crippen molar-refractivity contribution in [3.8, 4) is 0 Å². The van der Waals surface area contributed by atoms with Gasteiger partial charge in [-0.2, -0.15) is 8.42 Å². The minimum absolute atomic E-state index is 0.308. The second-order valence-corrected chi connectivity index (χ2v) is 3.66. The van der Waals surface area contributed by atoms with Gasteiger partial charge in [0.1, 0.15) is 5.88 Å². The molecule has 0 heterocycles. The largest absolute Gasteiger partial charge is 0.299 e. The highest BCUT2D eigenvalue weighted by Gasteiger charge is 2.21. The van der Waals surface area contributed by atoms with Crippen LogP contribution in [0.15, 0.2) is 0 Å². The minimum Gasteiger partial charge on any atom is -0.299 e. The Morgan fingerprint density at radius 1 is 1.56 bits per heavy atom. The van der Waals surface area contributed by atoms with Crippen LogP contribution < -0.4 is 5.32 Å². The summed E-state index contributed by atoms with van der Waals surface area (Å²) < 4.78 is 28.3. The van der Waals surface area contributed by atoms with Crippen LogP contribution in [0, 0.1) is 0 Å². The fraction of sp³-hybridized carbons (Fsp3) is 1.00. The molecule has 9 heavy (non-hydrogen) atoms. The van der Waals surface area contributed by atoms with Crippen LogP contribution in [0.5, 0.6) is 0 Å². The van der Waals surface area contributed by atoms with Crippen molar-refractivity contribution in [3.63, 3.8) is 0 Å². The molecule has 0 unspecified atom stereocenters. The van der Waals surface area contributed by atoms with E-state index in [1.165, 1.54) is 0 Å². The smallest absolute Gasteiger partial charge is 0.278 e. The van der Waals surface area contributed by atoms with Crippen LogP contribution >= 0.6 is 0 Å². The Morgan fingerprint density at radius 3 is 2.44 bits per heavy atom. The number of hydrogen-bond acceptors (Lipinski definition) is 3. The molecule has 1 rings (SSSR count). The number of hydrogen-bond donors (Lipinski definition) is 2. The van der Waals surface area contributed by atoms with Gasteiger partial charge in [0.25, 0.3) is 10.1 Å². The summed E-state index contributed by atoms with van der Waals surface area (Å²) in [6.45, 7) is 0. The predicted molar refractivity (Wildman–Crippen MR) is 32.6 cm³/mol. The van der Waals surface area contributed by atoms with Crippen LogP contribution in [-0.2, 0) is 10.1 Å². The summed E-state index contributed by atoms with van der Waals surface area (Å²) >= 11 is 0. The number of rotatable bonds is 3. The number of nitrogens with one attached hydrogen (secondary N) is 1. The topological polar surface area (TPSA) is 66.4 Å². The Labute approximate surface area is 54.0 Å². The summed E-state index contributed by atoms with van der Waals surface area (Å²) in [6.07, 6.45) is 2.05. The second-order valence-electron chi connectivity index (χ2n) is 2.20. The van der Waals surface area contributed by atoms with Crippen LogP contribution in [-0.4, -0.2) is 24.9 Å². The lowest BCUT2D eigenvalue weighted by molar-refractivity contribution is 0.476. The molecule has 0 saturated heterocycles. The van der Waals surface area contributed by atoms with Crippen molar-refractivity contribution < 1.29 is 13.0 Å². The van der Waals surface area contributed by atoms with Crippen molar-refractivity contribution in [2.45, 2.75) is 18.9 Å². The summed E-state index contributed by atoms with van der Waals surface area (Å²) in [7, 11) is -3.79. The predicted octanol–water partition coefficient (Wildman–Crippen LogP) is -0.416. The minimum atomic E-state index is -3.79. The van der Waals surface area contributed by atoms with Crippen LogP contribution in [0.1, 0.15) is 12.8 Å². The Bertz CT molecular complexity index is 182. The molecule has 0 aromatic rings. The van der Waals surface area contributed by atoms with Crippen molar-refractivity contribution in [2.24, 2.45) is 0 Å². The second kappa shape index (κ2) is 2.24. The molecular formula is C4H9NO3S. The average Bonchev–Trinajstić information content (AvgIpc) is 2.38. The molecule has 4 nitrogen and oxygen atoms in total. The van der Waals surface area contributed by atoms with Gasteiger partial charge in [-0.1, -0.05) is 0 Å². The molecule has 2 N–H and O–H groups in total. The van der Waals surface area contributed by atoms with Gasteiger partial charge in [0.2, 0.25) is 0 Å². The van der Waals surface area contributed by atoms with Gasteiger partial charge in [-0.05, 0) is 12.8 Å². The first kappa shape index (κ1) is 6.98. The standard InChI is InChI=1S/C4H9NO3S/c6-9(7,8)3-5-4-1-2-4/h4-5H,1-3H2,(H,6,7,8). The molecule has 0 radical (unpaired) electrons. The molecule has 0 amide bonds. The Hall–Kier alpha value is -0.130. The lowest BCUT2D eigenvalue weighted by Gasteiger charge is -1.95. The summed E-state index contributed by atoms with van der Waals surface area (Å²) in [5.74, 6) is -0.308. The summed E-state index contributed by atoms with van der Waals surface area (Å²) in [5, 5.41) is 2.66. The normalized spacial score (nSPS) is 20.1. The van der Waals surface area contributed by atoms with Crippen molar-refractivity contribution in [2.75, 3.05) is 5.88 Å². The molecule has 1 fully saturated rings. The Kier molecular flexibility index (Phi) is 1.74. The zero-order chi connectivity index (χ0) is 6.91. The quantitative estimate of drug-likeness (QED) is 0.538. The van der Waals surface area contributed by atoms with E-state index in [9.17, 15) is 8.42 Å². The summed E-state index contributed by atoms with van der Waals surface area (Å²) in [6, 6.07) is 0.326. The van der Waals surface area contributed by atoms with Crippen LogP contribution in [0.25, 0.3) is 0 Å². The van der Waals surface area contributed by atoms with Crippen molar-refractivity contribution in [1.29, 1.82) is 0 Å². The van der Waals surface area contributed by atoms with E-state index in [4.69, 9.17) is 4.55 Å². The molecular weight excluding hydrogens is 142 g/mol. The highest BCUT2D eigenvalue weighted by molar-refractivity contribution is 7.85. The van der Waals surface area contributed by atoms with Crippen LogP contribution in [0.2, 0.25) is 0 Å². The summed E-state index contributed by atoms with van der Waals surface area (Å²) in [5.41, 5.74) is 0. The molecule has 0 aromatic carbocycles. The molecule has 0 spiro atoms. The maximum atomic E-state index is 10.1. The monoisotopic (exact) mass is 151 g/mol. The molecule has 1 saturated carbocycles. The SMILES string of the molecule is O=S(=O)(O)CNC1CC1. The first-order valence-corrected chi connectivity index (χ1v) is 4.37. The lowest BCUT2D eigenvalue weighted by Crippen LogP contribution is -2.24. The maximum absolute atomic E-state index is 10.1. The zero-order valence-corrected chi connectivity index (χ0v) is 5.69. The third-order valence-corrected chi connectivity index (χ3v) is 1.66. The molecule has 1 aliphatic carbocycles. The van der Waals surface area contributed by atoms with Crippen LogP contribution in [0.4, 0.5) is 0 Å². The van der Waals surface area contributed by atoms with Gasteiger partial charge in [0, 0.05) is 6.04 Å². The molecule has 0 aliphatic heterocycles. The Morgan fingerprint density at radius 2 is 2.11 bits per heavy atom. The van der Waals surface area contributed by atoms with Gasteiger partial charge < -0.3 is 0 Å². The summed E-state index contributed by atoms with van der Waals surface area (Å²) in [4.78, 5) is 0. The highest BCUT2D eigenvalue weighted by Crippen LogP contribution is 2.18. The van der Waals surface area contributed by atoms with Crippen molar-refractivity contribution in [1.82, 2.24) is 5.32 Å². The van der Waals surface area contributed by atoms with Crippen LogP contribution in [0.3, 0.4) is 0 Å². The van der Waals surface area contributed by atoms with E-state index in [1.54, 1.807) is 0 Å². The van der Waals surface area contributed by atoms with E-state index >= 15 is 0 Å². The van der Waals surface area contributed by atoms with Gasteiger partial charge in [0.15, 0.2) is 0 Å². The first-order valence-electron chi connectivity index (χ1n) is 2.76. The van der Waals surface area contributed by atoms with E-state index < -0.39 is 10.1 Å². The van der Waals surface area contributed by atoms with E-state index in [1.807, 2.05) is 0 Å². The third kappa shape index (κ3) is 3.45. The molecule has 54 valence electrons. The van der Waals surface area contributed by atoms with Crippen molar-refractivity contribution >= 4 is 10.1 Å². The van der Waals surface area contributed by atoms with E-state index in [2.05, 4.69) is 5.32 Å². The Balaban J connectivity index is 2.18. The molecule has 5 heteroatoms. The fourth-order valence-corrected chi connectivity index (χ4v) is 0.957. The van der Waals surface area contributed by atoms with Gasteiger partial charge in [-0.15, -0.1) is 0 Å². The maximum Gasteiger partial charge on any atom is 0.278 e. The lowest BCUT2D eigenvalue weighted by atomic mass is 10.7. The van der Waals surface area contributed by atoms with E-state index in [0.29, 0.717) is 6.04 Å². The van der Waals surface area contributed by atoms with Crippen molar-refractivity contribution in [3.05, 3.63) is 0 Å². The molecule has 0 bridgehead atoms. The average molecular weight is 151 g/mol. The molecule has 0 atom stereocenters. The van der Waals surface area contributed by atoms with E-state index in [0.717, 1.165) is 12.8 Å². The van der Waals surface area contributed by atoms with Gasteiger partial charge in [-0.3, -0.25) is 9.87 Å². The fourth-order valence-electron chi connectivity index (χ4n) is 0.511.